The van der Waals surface area contributed by atoms with E-state index in [9.17, 15) is 9.90 Å². The molecule has 2 aromatic carbocycles. The number of amides is 1. The summed E-state index contributed by atoms with van der Waals surface area (Å²) in [5, 5.41) is 14.0. The number of piperidine rings is 1. The first-order chi connectivity index (χ1) is 15.6. The number of fused-ring (bicyclic) bond motifs is 1. The topological polar surface area (TPSA) is 68.4 Å². The zero-order valence-electron chi connectivity index (χ0n) is 17.9. The van der Waals surface area contributed by atoms with Crippen molar-refractivity contribution in [2.24, 2.45) is 0 Å². The summed E-state index contributed by atoms with van der Waals surface area (Å²) in [6.45, 7) is 3.60. The predicted molar refractivity (Wildman–Crippen MR) is 131 cm³/mol. The van der Waals surface area contributed by atoms with Crippen molar-refractivity contribution in [3.63, 3.8) is 0 Å². The van der Waals surface area contributed by atoms with Crippen molar-refractivity contribution in [2.45, 2.75) is 18.8 Å². The van der Waals surface area contributed by atoms with Crippen molar-refractivity contribution in [3.8, 4) is 5.75 Å². The maximum atomic E-state index is 12.0. The summed E-state index contributed by atoms with van der Waals surface area (Å²) in [4.78, 5) is 17.8. The summed E-state index contributed by atoms with van der Waals surface area (Å²) >= 11 is 5.88. The number of phenols is 1. The van der Waals surface area contributed by atoms with Gasteiger partial charge in [-0.05, 0) is 61.2 Å². The fraction of sp³-hybridized carbons (Fsp3) is 0.269. The van der Waals surface area contributed by atoms with Gasteiger partial charge in [-0.1, -0.05) is 54.1 Å². The summed E-state index contributed by atoms with van der Waals surface area (Å²) in [5.74, 6) is 0.545. The van der Waals surface area contributed by atoms with Gasteiger partial charge in [0.25, 0.3) is 0 Å². The molecule has 0 aliphatic carbocycles. The van der Waals surface area contributed by atoms with Crippen LogP contribution >= 0.6 is 11.6 Å². The molecule has 1 saturated heterocycles. The highest BCUT2D eigenvalue weighted by atomic mass is 35.5. The number of nitrogens with one attached hydrogen (secondary N) is 2. The normalized spacial score (nSPS) is 15.8. The molecule has 1 aliphatic rings. The van der Waals surface area contributed by atoms with Crippen LogP contribution in [0.1, 0.15) is 29.9 Å². The lowest BCUT2D eigenvalue weighted by molar-refractivity contribution is -0.116. The van der Waals surface area contributed by atoms with E-state index in [1.54, 1.807) is 30.4 Å². The smallest absolute Gasteiger partial charge is 0.244 e. The Bertz CT molecular complexity index is 1130. The van der Waals surface area contributed by atoms with Crippen LogP contribution in [0.5, 0.6) is 5.75 Å². The Morgan fingerprint density at radius 3 is 2.81 bits per heavy atom. The molecule has 1 aromatic heterocycles. The van der Waals surface area contributed by atoms with E-state index in [2.05, 4.69) is 45.7 Å². The van der Waals surface area contributed by atoms with E-state index in [1.165, 1.54) is 22.5 Å². The number of carbonyl (C=O) groups is 1. The second kappa shape index (κ2) is 10.5. The van der Waals surface area contributed by atoms with Gasteiger partial charge in [-0.3, -0.25) is 4.79 Å². The molecule has 32 heavy (non-hydrogen) atoms. The van der Waals surface area contributed by atoms with Crippen LogP contribution in [-0.4, -0.2) is 47.1 Å². The minimum atomic E-state index is -0.105. The average Bonchev–Trinajstić information content (AvgIpc) is 3.24. The van der Waals surface area contributed by atoms with Gasteiger partial charge >= 0.3 is 0 Å². The molecule has 1 fully saturated rings. The van der Waals surface area contributed by atoms with Gasteiger partial charge < -0.3 is 20.3 Å². The van der Waals surface area contributed by atoms with Crippen molar-refractivity contribution < 1.29 is 9.90 Å². The molecule has 3 aromatic rings. The number of rotatable bonds is 7. The molecule has 0 bridgehead atoms. The fourth-order valence-electron chi connectivity index (χ4n) is 4.23. The number of aromatic nitrogens is 1. The Morgan fingerprint density at radius 2 is 2.00 bits per heavy atom. The van der Waals surface area contributed by atoms with Crippen LogP contribution in [0.4, 0.5) is 0 Å². The van der Waals surface area contributed by atoms with Gasteiger partial charge in [0.15, 0.2) is 0 Å². The number of halogens is 1. The Morgan fingerprint density at radius 1 is 1.19 bits per heavy atom. The van der Waals surface area contributed by atoms with Crippen LogP contribution in [0.25, 0.3) is 17.0 Å². The largest absolute Gasteiger partial charge is 0.506 e. The molecule has 0 atom stereocenters. The molecule has 5 nitrogen and oxygen atoms in total. The minimum absolute atomic E-state index is 0.0564. The number of likely N-dealkylation sites (tertiary alicyclic amines) is 1. The van der Waals surface area contributed by atoms with Crippen molar-refractivity contribution in [1.29, 1.82) is 0 Å². The van der Waals surface area contributed by atoms with E-state index in [4.69, 9.17) is 11.6 Å². The summed E-state index contributed by atoms with van der Waals surface area (Å²) in [5.41, 5.74) is 3.50. The standard InChI is InChI=1S/C26H28ClN3O2/c27-23-17-19(9-10-25(23)31)5-1-4-8-26(32)28-13-16-30-14-11-20(12-15-30)22-18-29-24-7-3-2-6-21(22)24/h1-10,17-18,20,29,31H,11-16H2,(H,28,32)/b5-1+,8-4+. The van der Waals surface area contributed by atoms with Crippen LogP contribution in [0, 0.1) is 0 Å². The number of benzene rings is 2. The number of aromatic amines is 1. The molecular weight excluding hydrogens is 422 g/mol. The predicted octanol–water partition coefficient (Wildman–Crippen LogP) is 5.09. The van der Waals surface area contributed by atoms with Gasteiger partial charge in [-0.2, -0.15) is 0 Å². The van der Waals surface area contributed by atoms with Crippen LogP contribution in [0.2, 0.25) is 5.02 Å². The van der Waals surface area contributed by atoms with Gasteiger partial charge in [0.2, 0.25) is 5.91 Å². The lowest BCUT2D eigenvalue weighted by atomic mass is 9.89. The third-order valence-electron chi connectivity index (χ3n) is 6.00. The van der Waals surface area contributed by atoms with E-state index < -0.39 is 0 Å². The van der Waals surface area contributed by atoms with E-state index in [1.807, 2.05) is 6.08 Å². The molecule has 1 amide bonds. The number of nitrogens with zero attached hydrogens (tertiary/aromatic N) is 1. The maximum Gasteiger partial charge on any atom is 0.244 e. The van der Waals surface area contributed by atoms with Crippen LogP contribution in [-0.2, 0) is 4.79 Å². The number of phenolic OH excluding ortho intramolecular Hbond substituents is 1. The SMILES string of the molecule is O=C(/C=C/C=C/c1ccc(O)c(Cl)c1)NCCN1CCC(c2c[nH]c3ccccc23)CC1. The van der Waals surface area contributed by atoms with E-state index in [-0.39, 0.29) is 11.7 Å². The Hall–Kier alpha value is -3.02. The molecule has 166 valence electrons. The zero-order valence-corrected chi connectivity index (χ0v) is 18.7. The van der Waals surface area contributed by atoms with Gasteiger partial charge in [0, 0.05) is 36.3 Å². The lowest BCUT2D eigenvalue weighted by Crippen LogP contribution is -2.38. The molecule has 0 saturated carbocycles. The summed E-state index contributed by atoms with van der Waals surface area (Å²) in [6, 6.07) is 13.5. The number of allylic oxidation sites excluding steroid dienone is 2. The third-order valence-corrected chi connectivity index (χ3v) is 6.30. The number of hydrogen-bond donors (Lipinski definition) is 3. The number of hydrogen-bond acceptors (Lipinski definition) is 3. The first-order valence-electron chi connectivity index (χ1n) is 11.0. The van der Waals surface area contributed by atoms with E-state index in [0.29, 0.717) is 17.5 Å². The highest BCUT2D eigenvalue weighted by molar-refractivity contribution is 6.32. The summed E-state index contributed by atoms with van der Waals surface area (Å²) < 4.78 is 0. The second-order valence-electron chi connectivity index (χ2n) is 8.13. The Balaban J connectivity index is 1.17. The van der Waals surface area contributed by atoms with Gasteiger partial charge in [-0.25, -0.2) is 0 Å². The molecule has 0 radical (unpaired) electrons. The highest BCUT2D eigenvalue weighted by Crippen LogP contribution is 2.32. The quantitative estimate of drug-likeness (QED) is 0.347. The Kier molecular flexibility index (Phi) is 7.30. The van der Waals surface area contributed by atoms with Gasteiger partial charge in [0.05, 0.1) is 5.02 Å². The zero-order chi connectivity index (χ0) is 22.3. The first-order valence-corrected chi connectivity index (χ1v) is 11.4. The number of para-hydroxylation sites is 1. The van der Waals surface area contributed by atoms with Gasteiger partial charge in [0.1, 0.15) is 5.75 Å². The lowest BCUT2D eigenvalue weighted by Gasteiger charge is -2.31. The highest BCUT2D eigenvalue weighted by Gasteiger charge is 2.22. The van der Waals surface area contributed by atoms with Crippen molar-refractivity contribution in [1.82, 2.24) is 15.2 Å². The van der Waals surface area contributed by atoms with Crippen molar-refractivity contribution in [3.05, 3.63) is 83.0 Å². The Labute approximate surface area is 193 Å². The molecule has 4 rings (SSSR count). The third kappa shape index (κ3) is 5.61. The maximum absolute atomic E-state index is 12.0. The van der Waals surface area contributed by atoms with Crippen molar-refractivity contribution in [2.75, 3.05) is 26.2 Å². The molecule has 0 spiro atoms. The van der Waals surface area contributed by atoms with Crippen LogP contribution in [0.3, 0.4) is 0 Å². The first kappa shape index (κ1) is 22.2. The molecular formula is C26H28ClN3O2. The average molecular weight is 450 g/mol. The summed E-state index contributed by atoms with van der Waals surface area (Å²) in [7, 11) is 0. The second-order valence-corrected chi connectivity index (χ2v) is 8.53. The summed E-state index contributed by atoms with van der Waals surface area (Å²) in [6.07, 6.45) is 11.3. The number of aromatic hydroxyl groups is 1. The van der Waals surface area contributed by atoms with E-state index >= 15 is 0 Å². The number of H-pyrrole nitrogens is 1. The molecule has 1 aliphatic heterocycles. The molecule has 6 heteroatoms. The van der Waals surface area contributed by atoms with Crippen LogP contribution in [0.15, 0.2) is 66.9 Å². The van der Waals surface area contributed by atoms with Crippen LogP contribution < -0.4 is 5.32 Å². The van der Waals surface area contributed by atoms with Gasteiger partial charge in [-0.15, -0.1) is 0 Å². The fourth-order valence-corrected chi connectivity index (χ4v) is 4.42. The number of carbonyl (C=O) groups excluding carboxylic acids is 1. The van der Waals surface area contributed by atoms with Crippen molar-refractivity contribution >= 4 is 34.5 Å². The van der Waals surface area contributed by atoms with E-state index in [0.717, 1.165) is 38.0 Å². The minimum Gasteiger partial charge on any atom is -0.506 e. The molecule has 2 heterocycles. The molecule has 3 N–H and O–H groups in total. The monoisotopic (exact) mass is 449 g/mol. The molecule has 0 unspecified atom stereocenters.